The van der Waals surface area contributed by atoms with Crippen LogP contribution in [0.2, 0.25) is 0 Å². The summed E-state index contributed by atoms with van der Waals surface area (Å²) in [6.45, 7) is 2.39. The van der Waals surface area contributed by atoms with E-state index in [2.05, 4.69) is 26.3 Å². The Labute approximate surface area is 90.6 Å². The number of nitrogens with one attached hydrogen (secondary N) is 1. The third-order valence-corrected chi connectivity index (χ3v) is 1.98. The van der Waals surface area contributed by atoms with Crippen molar-refractivity contribution < 1.29 is 9.53 Å². The lowest BCUT2D eigenvalue weighted by atomic mass is 10.5. The van der Waals surface area contributed by atoms with Gasteiger partial charge in [0.2, 0.25) is 5.91 Å². The molecule has 78 valence electrons. The topological polar surface area (TPSA) is 56.1 Å². The molecule has 14 heavy (non-hydrogen) atoms. The van der Waals surface area contributed by atoms with Crippen molar-refractivity contribution in [3.05, 3.63) is 6.20 Å². The summed E-state index contributed by atoms with van der Waals surface area (Å²) in [7, 11) is 1.77. The number of halogens is 1. The van der Waals surface area contributed by atoms with Gasteiger partial charge in [0.25, 0.3) is 5.88 Å². The van der Waals surface area contributed by atoms with E-state index in [9.17, 15) is 4.79 Å². The van der Waals surface area contributed by atoms with Crippen LogP contribution in [-0.2, 0) is 11.8 Å². The molecule has 1 aromatic rings. The molecule has 0 spiro atoms. The van der Waals surface area contributed by atoms with Crippen molar-refractivity contribution >= 4 is 27.5 Å². The van der Waals surface area contributed by atoms with Gasteiger partial charge in [0.05, 0.1) is 18.1 Å². The van der Waals surface area contributed by atoms with Crippen molar-refractivity contribution in [1.82, 2.24) is 9.78 Å². The molecule has 5 nitrogen and oxygen atoms in total. The van der Waals surface area contributed by atoms with Gasteiger partial charge in [-0.1, -0.05) is 15.9 Å². The lowest BCUT2D eigenvalue weighted by Crippen LogP contribution is -2.12. The average Bonchev–Trinajstić information content (AvgIpc) is 2.47. The van der Waals surface area contributed by atoms with Crippen LogP contribution in [-0.4, -0.2) is 27.6 Å². The minimum atomic E-state index is -0.126. The van der Waals surface area contributed by atoms with Gasteiger partial charge in [0.15, 0.2) is 0 Å². The summed E-state index contributed by atoms with van der Waals surface area (Å²) in [5, 5.41) is 6.98. The smallest absolute Gasteiger partial charge is 0.256 e. The molecule has 0 radical (unpaired) electrons. The van der Waals surface area contributed by atoms with Crippen LogP contribution >= 0.6 is 15.9 Å². The first-order chi connectivity index (χ1) is 6.67. The van der Waals surface area contributed by atoms with E-state index in [0.717, 1.165) is 0 Å². The third-order valence-electron chi connectivity index (χ3n) is 1.47. The Morgan fingerprint density at radius 2 is 2.50 bits per heavy atom. The first kappa shape index (κ1) is 11.0. The van der Waals surface area contributed by atoms with Gasteiger partial charge in [0, 0.05) is 7.05 Å². The number of aromatic nitrogens is 2. The number of ether oxygens (including phenoxy) is 1. The van der Waals surface area contributed by atoms with Gasteiger partial charge in [-0.2, -0.15) is 0 Å². The third kappa shape index (κ3) is 2.73. The second-order valence-corrected chi connectivity index (χ2v) is 3.20. The van der Waals surface area contributed by atoms with E-state index >= 15 is 0 Å². The van der Waals surface area contributed by atoms with Crippen molar-refractivity contribution in [3.8, 4) is 5.88 Å². The highest BCUT2D eigenvalue weighted by Crippen LogP contribution is 2.21. The zero-order valence-electron chi connectivity index (χ0n) is 8.08. The fourth-order valence-electron chi connectivity index (χ4n) is 0.981. The van der Waals surface area contributed by atoms with Gasteiger partial charge in [-0.3, -0.25) is 9.48 Å². The monoisotopic (exact) mass is 261 g/mol. The Morgan fingerprint density at radius 3 is 3.07 bits per heavy atom. The summed E-state index contributed by atoms with van der Waals surface area (Å²) in [5.74, 6) is 0.322. The van der Waals surface area contributed by atoms with E-state index in [0.29, 0.717) is 18.2 Å². The molecule has 1 N–H and O–H groups in total. The lowest BCUT2D eigenvalue weighted by molar-refractivity contribution is -0.113. The van der Waals surface area contributed by atoms with E-state index < -0.39 is 0 Å². The molecule has 0 fully saturated rings. The number of rotatable bonds is 4. The maximum Gasteiger partial charge on any atom is 0.256 e. The Bertz CT molecular complexity index is 324. The van der Waals surface area contributed by atoms with Crippen LogP contribution in [0.5, 0.6) is 5.88 Å². The van der Waals surface area contributed by atoms with E-state index in [1.807, 2.05) is 6.92 Å². The fourth-order valence-corrected chi connectivity index (χ4v) is 1.12. The van der Waals surface area contributed by atoms with Crippen molar-refractivity contribution in [3.63, 3.8) is 0 Å². The Morgan fingerprint density at radius 1 is 1.79 bits per heavy atom. The summed E-state index contributed by atoms with van der Waals surface area (Å²) in [6.07, 6.45) is 1.70. The molecule has 1 heterocycles. The molecule has 0 bridgehead atoms. The molecule has 0 saturated carbocycles. The second kappa shape index (κ2) is 4.99. The number of hydrogen-bond donors (Lipinski definition) is 1. The average molecular weight is 262 g/mol. The highest BCUT2D eigenvalue weighted by Gasteiger charge is 2.10. The number of alkyl halides is 1. The summed E-state index contributed by atoms with van der Waals surface area (Å²) in [4.78, 5) is 11.1. The van der Waals surface area contributed by atoms with Crippen molar-refractivity contribution in [2.75, 3.05) is 17.3 Å². The number of aryl methyl sites for hydroxylation is 1. The van der Waals surface area contributed by atoms with Gasteiger partial charge in [-0.05, 0) is 6.92 Å². The molecule has 0 aliphatic heterocycles. The van der Waals surface area contributed by atoms with Crippen LogP contribution in [0, 0.1) is 0 Å². The number of amides is 1. The predicted molar refractivity (Wildman–Crippen MR) is 56.8 cm³/mol. The maximum atomic E-state index is 11.1. The normalized spacial score (nSPS) is 9.93. The highest BCUT2D eigenvalue weighted by atomic mass is 79.9. The molecule has 0 saturated heterocycles. The minimum Gasteiger partial charge on any atom is -0.475 e. The summed E-state index contributed by atoms with van der Waals surface area (Å²) in [6, 6.07) is 0. The number of nitrogens with zero attached hydrogens (tertiary/aromatic N) is 2. The summed E-state index contributed by atoms with van der Waals surface area (Å²) >= 11 is 3.06. The van der Waals surface area contributed by atoms with Crippen molar-refractivity contribution in [1.29, 1.82) is 0 Å². The van der Waals surface area contributed by atoms with Crippen molar-refractivity contribution in [2.45, 2.75) is 6.92 Å². The number of carbonyl (C=O) groups is 1. The molecule has 1 amide bonds. The zero-order chi connectivity index (χ0) is 10.6. The summed E-state index contributed by atoms with van der Waals surface area (Å²) < 4.78 is 6.83. The molecule has 6 heteroatoms. The van der Waals surface area contributed by atoms with Gasteiger partial charge in [-0.15, -0.1) is 5.10 Å². The Balaban J connectivity index is 2.78. The minimum absolute atomic E-state index is 0.126. The Hall–Kier alpha value is -1.04. The molecule has 0 unspecified atom stereocenters. The van der Waals surface area contributed by atoms with Crippen LogP contribution in [0.1, 0.15) is 6.92 Å². The summed E-state index contributed by atoms with van der Waals surface area (Å²) in [5.41, 5.74) is 0.596. The van der Waals surface area contributed by atoms with E-state index in [1.54, 1.807) is 17.9 Å². The van der Waals surface area contributed by atoms with Gasteiger partial charge in [-0.25, -0.2) is 0 Å². The largest absolute Gasteiger partial charge is 0.475 e. The van der Waals surface area contributed by atoms with Gasteiger partial charge in [0.1, 0.15) is 5.69 Å². The first-order valence-electron chi connectivity index (χ1n) is 4.19. The first-order valence-corrected chi connectivity index (χ1v) is 5.31. The molecule has 0 atom stereocenters. The van der Waals surface area contributed by atoms with E-state index in [1.165, 1.54) is 0 Å². The second-order valence-electron chi connectivity index (χ2n) is 2.64. The van der Waals surface area contributed by atoms with Gasteiger partial charge < -0.3 is 10.1 Å². The SMILES string of the molecule is CCOc1nn(C)cc1NC(=O)CBr. The molecular weight excluding hydrogens is 250 g/mol. The Kier molecular flexibility index (Phi) is 3.94. The molecular formula is C8H12BrN3O2. The van der Waals surface area contributed by atoms with Gasteiger partial charge >= 0.3 is 0 Å². The number of hydrogen-bond acceptors (Lipinski definition) is 3. The van der Waals surface area contributed by atoms with Crippen LogP contribution in [0.15, 0.2) is 6.20 Å². The fraction of sp³-hybridized carbons (Fsp3) is 0.500. The number of anilines is 1. The molecule has 1 aromatic heterocycles. The van der Waals surface area contributed by atoms with Crippen molar-refractivity contribution in [2.24, 2.45) is 7.05 Å². The van der Waals surface area contributed by atoms with Crippen LogP contribution in [0.3, 0.4) is 0 Å². The predicted octanol–water partition coefficient (Wildman–Crippen LogP) is 1.15. The van der Waals surface area contributed by atoms with Crippen LogP contribution in [0.4, 0.5) is 5.69 Å². The molecule has 0 aliphatic rings. The van der Waals surface area contributed by atoms with Crippen LogP contribution in [0.25, 0.3) is 0 Å². The van der Waals surface area contributed by atoms with Crippen LogP contribution < -0.4 is 10.1 Å². The molecule has 0 aromatic carbocycles. The molecule has 1 rings (SSSR count). The number of carbonyl (C=O) groups excluding carboxylic acids is 1. The van der Waals surface area contributed by atoms with E-state index in [4.69, 9.17) is 4.74 Å². The quantitative estimate of drug-likeness (QED) is 0.828. The highest BCUT2D eigenvalue weighted by molar-refractivity contribution is 9.09. The molecule has 0 aliphatic carbocycles. The van der Waals surface area contributed by atoms with E-state index in [-0.39, 0.29) is 11.2 Å². The lowest BCUT2D eigenvalue weighted by Gasteiger charge is -2.02. The maximum absolute atomic E-state index is 11.1. The standard InChI is InChI=1S/C8H12BrN3O2/c1-3-14-8-6(5-12(2)11-8)10-7(13)4-9/h5H,3-4H2,1-2H3,(H,10,13). The zero-order valence-corrected chi connectivity index (χ0v) is 9.67.